The Bertz CT molecular complexity index is 305. The number of nitrogens with zero attached hydrogens (tertiary/aromatic N) is 1. The maximum absolute atomic E-state index is 3.49. The lowest BCUT2D eigenvalue weighted by molar-refractivity contribution is 0.323. The van der Waals surface area contributed by atoms with Crippen LogP contribution in [0.15, 0.2) is 15.2 Å². The average Bonchev–Trinajstić information content (AvgIpc) is 2.76. The molecule has 1 aromatic rings. The summed E-state index contributed by atoms with van der Waals surface area (Å²) in [7, 11) is 2.05. The summed E-state index contributed by atoms with van der Waals surface area (Å²) in [5, 5.41) is 5.57. The first-order valence-corrected chi connectivity index (χ1v) is 6.57. The van der Waals surface area contributed by atoms with Gasteiger partial charge in [-0.25, -0.2) is 0 Å². The van der Waals surface area contributed by atoms with Crippen molar-refractivity contribution in [2.24, 2.45) is 0 Å². The molecule has 0 spiro atoms. The molecule has 1 saturated heterocycles. The number of hydrogen-bond donors (Lipinski definition) is 1. The summed E-state index contributed by atoms with van der Waals surface area (Å²) in [6.07, 6.45) is 1.28. The maximum Gasteiger partial charge on any atom is 0.0701 e. The van der Waals surface area contributed by atoms with E-state index >= 15 is 0 Å². The third-order valence-corrected chi connectivity index (χ3v) is 4.26. The molecular weight excluding hydrogens is 296 g/mol. The largest absolute Gasteiger partial charge is 0.316 e. The van der Waals surface area contributed by atoms with Gasteiger partial charge in [-0.15, -0.1) is 23.7 Å². The van der Waals surface area contributed by atoms with Crippen molar-refractivity contribution >= 4 is 39.7 Å². The summed E-state index contributed by atoms with van der Waals surface area (Å²) in [5.41, 5.74) is 1.43. The first-order chi connectivity index (χ1) is 6.78. The molecule has 2 heterocycles. The quantitative estimate of drug-likeness (QED) is 0.923. The zero-order chi connectivity index (χ0) is 9.97. The first kappa shape index (κ1) is 13.5. The molecule has 86 valence electrons. The van der Waals surface area contributed by atoms with Gasteiger partial charge in [0.15, 0.2) is 0 Å². The van der Waals surface area contributed by atoms with Crippen molar-refractivity contribution in [3.05, 3.63) is 20.8 Å². The highest BCUT2D eigenvalue weighted by molar-refractivity contribution is 9.11. The van der Waals surface area contributed by atoms with Gasteiger partial charge in [0.1, 0.15) is 0 Å². The number of likely N-dealkylation sites (N-methyl/N-ethyl adjacent to an activating group) is 1. The minimum absolute atomic E-state index is 0. The molecule has 1 aliphatic rings. The van der Waals surface area contributed by atoms with Crippen LogP contribution in [0.4, 0.5) is 0 Å². The minimum Gasteiger partial charge on any atom is -0.316 e. The van der Waals surface area contributed by atoms with Gasteiger partial charge in [-0.3, -0.25) is 4.90 Å². The van der Waals surface area contributed by atoms with Gasteiger partial charge in [0.2, 0.25) is 0 Å². The second-order valence-corrected chi connectivity index (χ2v) is 6.06. The highest BCUT2D eigenvalue weighted by atomic mass is 79.9. The van der Waals surface area contributed by atoms with Crippen LogP contribution >= 0.6 is 39.7 Å². The van der Waals surface area contributed by atoms with E-state index in [1.54, 1.807) is 11.3 Å². The fourth-order valence-corrected chi connectivity index (χ4v) is 3.10. The lowest BCUT2D eigenvalue weighted by Crippen LogP contribution is -2.29. The van der Waals surface area contributed by atoms with Crippen LogP contribution in [0.3, 0.4) is 0 Å². The lowest BCUT2D eigenvalue weighted by Gasteiger charge is -2.14. The maximum atomic E-state index is 3.49. The van der Waals surface area contributed by atoms with Gasteiger partial charge in [-0.2, -0.15) is 0 Å². The van der Waals surface area contributed by atoms with Crippen LogP contribution in [0.5, 0.6) is 0 Å². The number of likely N-dealkylation sites (tertiary alicyclic amines) is 1. The number of nitrogens with one attached hydrogen (secondary N) is 1. The molecule has 0 amide bonds. The summed E-state index contributed by atoms with van der Waals surface area (Å²) in [4.78, 5) is 2.51. The zero-order valence-corrected chi connectivity index (χ0v) is 11.9. The SMILES string of the molecule is CNC1CCN(Cc2csc(Br)c2)C1.Cl. The van der Waals surface area contributed by atoms with E-state index in [1.807, 2.05) is 0 Å². The van der Waals surface area contributed by atoms with Crippen molar-refractivity contribution < 1.29 is 0 Å². The van der Waals surface area contributed by atoms with Crippen LogP contribution in [-0.2, 0) is 6.54 Å². The highest BCUT2D eigenvalue weighted by Gasteiger charge is 2.20. The normalized spacial score (nSPS) is 21.6. The molecule has 1 aromatic heterocycles. The first-order valence-electron chi connectivity index (χ1n) is 4.90. The van der Waals surface area contributed by atoms with Crippen molar-refractivity contribution in [3.8, 4) is 0 Å². The fraction of sp³-hybridized carbons (Fsp3) is 0.600. The molecule has 5 heteroatoms. The molecule has 1 N–H and O–H groups in total. The summed E-state index contributed by atoms with van der Waals surface area (Å²) >= 11 is 5.26. The van der Waals surface area contributed by atoms with Gasteiger partial charge < -0.3 is 5.32 Å². The van der Waals surface area contributed by atoms with Crippen molar-refractivity contribution in [3.63, 3.8) is 0 Å². The molecule has 0 bridgehead atoms. The standard InChI is InChI=1S/C10H15BrN2S.ClH/c1-12-9-2-3-13(6-9)5-8-4-10(11)14-7-8;/h4,7,9,12H,2-3,5-6H2,1H3;1H. The van der Waals surface area contributed by atoms with Crippen molar-refractivity contribution in [1.29, 1.82) is 0 Å². The summed E-state index contributed by atoms with van der Waals surface area (Å²) in [6, 6.07) is 2.91. The zero-order valence-electron chi connectivity index (χ0n) is 8.70. The summed E-state index contributed by atoms with van der Waals surface area (Å²) < 4.78 is 1.23. The van der Waals surface area contributed by atoms with Crippen molar-refractivity contribution in [2.75, 3.05) is 20.1 Å². The van der Waals surface area contributed by atoms with E-state index in [-0.39, 0.29) is 12.4 Å². The van der Waals surface area contributed by atoms with Gasteiger partial charge in [-0.05, 0) is 46.4 Å². The molecule has 0 aromatic carbocycles. The number of rotatable bonds is 3. The Morgan fingerprint density at radius 1 is 1.67 bits per heavy atom. The van der Waals surface area contributed by atoms with E-state index in [9.17, 15) is 0 Å². The molecule has 1 fully saturated rings. The van der Waals surface area contributed by atoms with Crippen LogP contribution < -0.4 is 5.32 Å². The lowest BCUT2D eigenvalue weighted by atomic mass is 10.3. The van der Waals surface area contributed by atoms with E-state index in [4.69, 9.17) is 0 Å². The predicted octanol–water partition coefficient (Wildman–Crippen LogP) is 2.73. The van der Waals surface area contributed by atoms with Crippen LogP contribution in [0.1, 0.15) is 12.0 Å². The molecule has 1 unspecified atom stereocenters. The van der Waals surface area contributed by atoms with E-state index in [2.05, 4.69) is 44.6 Å². The van der Waals surface area contributed by atoms with E-state index < -0.39 is 0 Å². The van der Waals surface area contributed by atoms with E-state index in [0.717, 1.165) is 6.54 Å². The van der Waals surface area contributed by atoms with Gasteiger partial charge in [0, 0.05) is 25.7 Å². The third kappa shape index (κ3) is 3.71. The van der Waals surface area contributed by atoms with Crippen molar-refractivity contribution in [2.45, 2.75) is 19.0 Å². The van der Waals surface area contributed by atoms with E-state index in [0.29, 0.717) is 6.04 Å². The summed E-state index contributed by atoms with van der Waals surface area (Å²) in [6.45, 7) is 3.50. The minimum atomic E-state index is 0. The third-order valence-electron chi connectivity index (χ3n) is 2.71. The molecule has 2 rings (SSSR count). The Hall–Kier alpha value is 0.390. The van der Waals surface area contributed by atoms with Crippen LogP contribution in [0.25, 0.3) is 0 Å². The Kier molecular flexibility index (Phi) is 5.57. The monoisotopic (exact) mass is 310 g/mol. The van der Waals surface area contributed by atoms with Gasteiger partial charge in [0.25, 0.3) is 0 Å². The second kappa shape index (κ2) is 6.21. The Morgan fingerprint density at radius 2 is 2.47 bits per heavy atom. The Morgan fingerprint density at radius 3 is 3.00 bits per heavy atom. The summed E-state index contributed by atoms with van der Waals surface area (Å²) in [5.74, 6) is 0. The fourth-order valence-electron chi connectivity index (χ4n) is 1.90. The van der Waals surface area contributed by atoms with Gasteiger partial charge in [-0.1, -0.05) is 0 Å². The number of thiophene rings is 1. The van der Waals surface area contributed by atoms with Crippen LogP contribution in [-0.4, -0.2) is 31.1 Å². The molecule has 1 aliphatic heterocycles. The molecule has 15 heavy (non-hydrogen) atoms. The van der Waals surface area contributed by atoms with Crippen LogP contribution in [0.2, 0.25) is 0 Å². The molecule has 1 atom stereocenters. The topological polar surface area (TPSA) is 15.3 Å². The number of hydrogen-bond acceptors (Lipinski definition) is 3. The molecular formula is C10H16BrClN2S. The highest BCUT2D eigenvalue weighted by Crippen LogP contribution is 2.22. The number of halogens is 2. The van der Waals surface area contributed by atoms with Gasteiger partial charge >= 0.3 is 0 Å². The molecule has 0 radical (unpaired) electrons. The van der Waals surface area contributed by atoms with Crippen LogP contribution in [0, 0.1) is 0 Å². The Labute approximate surface area is 110 Å². The van der Waals surface area contributed by atoms with Gasteiger partial charge in [0.05, 0.1) is 3.79 Å². The molecule has 2 nitrogen and oxygen atoms in total. The van der Waals surface area contributed by atoms with E-state index in [1.165, 1.54) is 28.9 Å². The average molecular weight is 312 g/mol. The predicted molar refractivity (Wildman–Crippen MR) is 72.0 cm³/mol. The molecule has 0 saturated carbocycles. The van der Waals surface area contributed by atoms with Crippen molar-refractivity contribution in [1.82, 2.24) is 10.2 Å². The Balaban J connectivity index is 0.00000112. The smallest absolute Gasteiger partial charge is 0.0701 e. The molecule has 0 aliphatic carbocycles. The second-order valence-electron chi connectivity index (χ2n) is 3.77.